The monoisotopic (exact) mass is 605 g/mol. The van der Waals surface area contributed by atoms with Crippen LogP contribution in [-0.2, 0) is 4.74 Å². The molecule has 8 nitrogen and oxygen atoms in total. The lowest BCUT2D eigenvalue weighted by Crippen LogP contribution is -2.62. The number of hydrogen-bond donors (Lipinski definition) is 0. The highest BCUT2D eigenvalue weighted by molar-refractivity contribution is 9.10. The molecule has 5 rings (SSSR count). The summed E-state index contributed by atoms with van der Waals surface area (Å²) in [7, 11) is 4.24. The molecule has 2 aliphatic heterocycles. The summed E-state index contributed by atoms with van der Waals surface area (Å²) < 4.78 is 27.7. The number of fused-ring (bicyclic) bond motifs is 1. The third-order valence-electron chi connectivity index (χ3n) is 8.49. The standard InChI is InChI=1S/C29H41BrFN5O3/c1-18-15-21-24(23(31)22(18)30)32-26(38-20-9-7-19(8-10-20)34(5)6)33-25(21)35-13-11-29(12-14-35)16-36(17-29)27(37)39-28(2,3)4/h15,19-20H,7-14,16-17H2,1-6H3/t19-,20+. The maximum atomic E-state index is 15.5. The van der Waals surface area contributed by atoms with Gasteiger partial charge in [0, 0.05) is 43.0 Å². The number of piperidine rings is 1. The smallest absolute Gasteiger partial charge is 0.410 e. The van der Waals surface area contributed by atoms with E-state index in [9.17, 15) is 4.79 Å². The molecule has 1 saturated carbocycles. The SMILES string of the molecule is Cc1cc2c(N3CCC4(CC3)CN(C(=O)OC(C)(C)C)C4)nc(O[C@H]3CC[C@@H](N(C)C)CC3)nc2c(F)c1Br. The number of anilines is 1. The molecular weight excluding hydrogens is 565 g/mol. The Hall–Kier alpha value is -2.20. The molecule has 39 heavy (non-hydrogen) atoms. The van der Waals surface area contributed by atoms with Gasteiger partial charge < -0.3 is 24.2 Å². The van der Waals surface area contributed by atoms with Crippen LogP contribution < -0.4 is 9.64 Å². The largest absolute Gasteiger partial charge is 0.460 e. The number of nitrogens with zero attached hydrogens (tertiary/aromatic N) is 5. The van der Waals surface area contributed by atoms with Gasteiger partial charge in [0.25, 0.3) is 0 Å². The van der Waals surface area contributed by atoms with Gasteiger partial charge in [-0.3, -0.25) is 0 Å². The van der Waals surface area contributed by atoms with Crippen LogP contribution in [0.25, 0.3) is 10.9 Å². The Kier molecular flexibility index (Phi) is 7.74. The molecular formula is C29H41BrFN5O3. The first-order chi connectivity index (χ1) is 18.3. The summed E-state index contributed by atoms with van der Waals surface area (Å²) in [5.74, 6) is 0.347. The van der Waals surface area contributed by atoms with Crippen LogP contribution in [0.1, 0.15) is 64.9 Å². The summed E-state index contributed by atoms with van der Waals surface area (Å²) in [5.41, 5.74) is 0.700. The number of amides is 1. The number of rotatable bonds is 4. The fourth-order valence-electron chi connectivity index (χ4n) is 6.15. The number of carbonyl (C=O) groups excluding carboxylic acids is 1. The molecule has 0 bridgehead atoms. The Balaban J connectivity index is 1.33. The van der Waals surface area contributed by atoms with E-state index in [0.717, 1.165) is 63.0 Å². The first-order valence-corrected chi connectivity index (χ1v) is 14.9. The zero-order chi connectivity index (χ0) is 28.1. The van der Waals surface area contributed by atoms with E-state index in [0.29, 0.717) is 29.0 Å². The van der Waals surface area contributed by atoms with Gasteiger partial charge in [0.1, 0.15) is 23.0 Å². The van der Waals surface area contributed by atoms with Crippen molar-refractivity contribution in [2.24, 2.45) is 5.41 Å². The topological polar surface area (TPSA) is 71.0 Å². The third kappa shape index (κ3) is 5.97. The van der Waals surface area contributed by atoms with Crippen LogP contribution in [-0.4, -0.2) is 83.9 Å². The van der Waals surface area contributed by atoms with E-state index in [1.165, 1.54) is 0 Å². The number of aromatic nitrogens is 2. The van der Waals surface area contributed by atoms with Crippen molar-refractivity contribution in [3.63, 3.8) is 0 Å². The molecule has 214 valence electrons. The second-order valence-electron chi connectivity index (χ2n) is 12.9. The molecule has 1 aliphatic carbocycles. The van der Waals surface area contributed by atoms with Gasteiger partial charge in [-0.15, -0.1) is 0 Å². The summed E-state index contributed by atoms with van der Waals surface area (Å²) in [6.45, 7) is 10.5. The molecule has 0 N–H and O–H groups in total. The van der Waals surface area contributed by atoms with Crippen molar-refractivity contribution in [2.75, 3.05) is 45.2 Å². The van der Waals surface area contributed by atoms with E-state index in [-0.39, 0.29) is 35.0 Å². The van der Waals surface area contributed by atoms with E-state index in [1.54, 1.807) is 4.90 Å². The van der Waals surface area contributed by atoms with Gasteiger partial charge in [-0.25, -0.2) is 9.18 Å². The first-order valence-electron chi connectivity index (χ1n) is 14.1. The Morgan fingerprint density at radius 2 is 1.77 bits per heavy atom. The number of halogens is 2. The van der Waals surface area contributed by atoms with Crippen molar-refractivity contribution in [2.45, 2.75) is 84.0 Å². The molecule has 0 unspecified atom stereocenters. The highest BCUT2D eigenvalue weighted by atomic mass is 79.9. The molecule has 1 aromatic heterocycles. The molecule has 3 aliphatic rings. The fourth-order valence-corrected chi connectivity index (χ4v) is 6.45. The second kappa shape index (κ2) is 10.7. The maximum Gasteiger partial charge on any atom is 0.410 e. The predicted octanol–water partition coefficient (Wildman–Crippen LogP) is 5.93. The normalized spacial score (nSPS) is 23.3. The summed E-state index contributed by atoms with van der Waals surface area (Å²) in [5, 5.41) is 0.705. The minimum Gasteiger partial charge on any atom is -0.460 e. The molecule has 2 aromatic rings. The van der Waals surface area contributed by atoms with Gasteiger partial charge in [0.05, 0.1) is 4.47 Å². The van der Waals surface area contributed by atoms with Crippen molar-refractivity contribution in [1.82, 2.24) is 19.8 Å². The minimum absolute atomic E-state index is 0.0295. The average molecular weight is 607 g/mol. The molecule has 0 atom stereocenters. The molecule has 1 amide bonds. The number of ether oxygens (including phenoxy) is 2. The number of carbonyl (C=O) groups is 1. The second-order valence-corrected chi connectivity index (χ2v) is 13.7. The van der Waals surface area contributed by atoms with E-state index < -0.39 is 5.60 Å². The van der Waals surface area contributed by atoms with E-state index in [2.05, 4.69) is 44.8 Å². The van der Waals surface area contributed by atoms with Crippen molar-refractivity contribution in [3.8, 4) is 6.01 Å². The Morgan fingerprint density at radius 1 is 1.13 bits per heavy atom. The van der Waals surface area contributed by atoms with Crippen LogP contribution in [0.2, 0.25) is 0 Å². The highest BCUT2D eigenvalue weighted by Gasteiger charge is 2.48. The Bertz CT molecular complexity index is 1230. The lowest BCUT2D eigenvalue weighted by Gasteiger charge is -2.53. The van der Waals surface area contributed by atoms with Gasteiger partial charge in [0.15, 0.2) is 5.82 Å². The first kappa shape index (κ1) is 28.3. The minimum atomic E-state index is -0.495. The number of hydrogen-bond acceptors (Lipinski definition) is 7. The van der Waals surface area contributed by atoms with Crippen LogP contribution in [0.4, 0.5) is 15.0 Å². The van der Waals surface area contributed by atoms with E-state index in [1.807, 2.05) is 33.8 Å². The zero-order valence-corrected chi connectivity index (χ0v) is 25.6. The van der Waals surface area contributed by atoms with Crippen molar-refractivity contribution in [1.29, 1.82) is 0 Å². The van der Waals surface area contributed by atoms with Crippen LogP contribution in [0.3, 0.4) is 0 Å². The molecule has 3 fully saturated rings. The van der Waals surface area contributed by atoms with Crippen molar-refractivity contribution < 1.29 is 18.7 Å². The van der Waals surface area contributed by atoms with Crippen LogP contribution in [0.5, 0.6) is 6.01 Å². The molecule has 1 aromatic carbocycles. The van der Waals surface area contributed by atoms with E-state index >= 15 is 4.39 Å². The molecule has 0 radical (unpaired) electrons. The zero-order valence-electron chi connectivity index (χ0n) is 24.0. The summed E-state index contributed by atoms with van der Waals surface area (Å²) in [6, 6.07) is 2.77. The van der Waals surface area contributed by atoms with Gasteiger partial charge in [-0.05, 0) is 108 Å². The number of likely N-dealkylation sites (tertiary alicyclic amines) is 1. The van der Waals surface area contributed by atoms with Gasteiger partial charge in [-0.1, -0.05) is 0 Å². The maximum absolute atomic E-state index is 15.5. The number of benzene rings is 1. The molecule has 1 spiro atoms. The molecule has 10 heteroatoms. The Morgan fingerprint density at radius 3 is 2.36 bits per heavy atom. The van der Waals surface area contributed by atoms with Crippen LogP contribution >= 0.6 is 15.9 Å². The molecule has 3 heterocycles. The van der Waals surface area contributed by atoms with E-state index in [4.69, 9.17) is 14.5 Å². The quantitative estimate of drug-likeness (QED) is 0.428. The van der Waals surface area contributed by atoms with Crippen LogP contribution in [0.15, 0.2) is 10.5 Å². The van der Waals surface area contributed by atoms with Gasteiger partial charge >= 0.3 is 12.1 Å². The number of aryl methyl sites for hydroxylation is 1. The fraction of sp³-hybridized carbons (Fsp3) is 0.690. The summed E-state index contributed by atoms with van der Waals surface area (Å²) >= 11 is 3.39. The summed E-state index contributed by atoms with van der Waals surface area (Å²) in [4.78, 5) is 28.2. The predicted molar refractivity (Wildman–Crippen MR) is 154 cm³/mol. The Labute approximate surface area is 239 Å². The lowest BCUT2D eigenvalue weighted by molar-refractivity contribution is -0.0434. The van der Waals surface area contributed by atoms with Crippen molar-refractivity contribution >= 4 is 38.7 Å². The highest BCUT2D eigenvalue weighted by Crippen LogP contribution is 2.43. The van der Waals surface area contributed by atoms with Crippen LogP contribution in [0, 0.1) is 18.2 Å². The van der Waals surface area contributed by atoms with Gasteiger partial charge in [0.2, 0.25) is 0 Å². The average Bonchev–Trinajstić information content (AvgIpc) is 2.85. The van der Waals surface area contributed by atoms with Crippen molar-refractivity contribution in [3.05, 3.63) is 21.9 Å². The molecule has 2 saturated heterocycles. The summed E-state index contributed by atoms with van der Waals surface area (Å²) in [6.07, 6.45) is 5.63. The van der Waals surface area contributed by atoms with Gasteiger partial charge in [-0.2, -0.15) is 9.97 Å². The third-order valence-corrected chi connectivity index (χ3v) is 9.46. The lowest BCUT2D eigenvalue weighted by atomic mass is 9.72.